The van der Waals surface area contributed by atoms with Crippen LogP contribution in [0.4, 0.5) is 8.78 Å². The topological polar surface area (TPSA) is 15.3 Å². The van der Waals surface area contributed by atoms with Crippen LogP contribution >= 0.6 is 15.9 Å². The Hall–Kier alpha value is -0.520. The van der Waals surface area contributed by atoms with E-state index in [1.165, 1.54) is 25.0 Å². The molecule has 1 atom stereocenters. The summed E-state index contributed by atoms with van der Waals surface area (Å²) in [6.45, 7) is 6.28. The van der Waals surface area contributed by atoms with E-state index in [1.54, 1.807) is 0 Å². The Bertz CT molecular complexity index is 462. The monoisotopic (exact) mass is 360 g/mol. The number of piperidine rings is 1. The molecule has 118 valence electrons. The second kappa shape index (κ2) is 8.20. The fraction of sp³-hybridized carbons (Fsp3) is 0.625. The van der Waals surface area contributed by atoms with Gasteiger partial charge in [0.1, 0.15) is 11.6 Å². The fourth-order valence-corrected chi connectivity index (χ4v) is 3.31. The Labute approximate surface area is 134 Å². The Morgan fingerprint density at radius 2 is 2.19 bits per heavy atom. The van der Waals surface area contributed by atoms with Crippen LogP contribution in [0, 0.1) is 17.6 Å². The molecule has 21 heavy (non-hydrogen) atoms. The molecule has 0 saturated carbocycles. The van der Waals surface area contributed by atoms with Crippen molar-refractivity contribution in [3.63, 3.8) is 0 Å². The van der Waals surface area contributed by atoms with Crippen molar-refractivity contribution in [2.75, 3.05) is 26.2 Å². The lowest BCUT2D eigenvalue weighted by molar-refractivity contribution is 0.197. The molecule has 1 N–H and O–H groups in total. The average Bonchev–Trinajstić information content (AvgIpc) is 2.49. The van der Waals surface area contributed by atoms with Crippen LogP contribution in [0.5, 0.6) is 0 Å². The van der Waals surface area contributed by atoms with Crippen molar-refractivity contribution in [1.29, 1.82) is 0 Å². The zero-order valence-corrected chi connectivity index (χ0v) is 14.1. The quantitative estimate of drug-likeness (QED) is 0.773. The van der Waals surface area contributed by atoms with Gasteiger partial charge in [-0.1, -0.05) is 6.92 Å². The van der Waals surface area contributed by atoms with Gasteiger partial charge in [0.05, 0.1) is 4.47 Å². The standard InChI is InChI=1S/C16H23BrF2N2/c1-2-8-21(10-12-4-3-7-20-9-12)11-13-15(18)6-5-14(17)16(13)19/h5-6,12,20H,2-4,7-11H2,1H3. The summed E-state index contributed by atoms with van der Waals surface area (Å²) in [7, 11) is 0. The van der Waals surface area contributed by atoms with Crippen molar-refractivity contribution >= 4 is 15.9 Å². The van der Waals surface area contributed by atoms with Gasteiger partial charge in [0.2, 0.25) is 0 Å². The highest BCUT2D eigenvalue weighted by molar-refractivity contribution is 9.10. The van der Waals surface area contributed by atoms with Gasteiger partial charge in [-0.25, -0.2) is 8.78 Å². The third kappa shape index (κ3) is 4.73. The number of benzene rings is 1. The van der Waals surface area contributed by atoms with Crippen LogP contribution in [0.2, 0.25) is 0 Å². The Kier molecular flexibility index (Phi) is 6.58. The zero-order chi connectivity index (χ0) is 15.2. The first-order chi connectivity index (χ1) is 10.1. The normalized spacial score (nSPS) is 19.2. The number of rotatable bonds is 6. The van der Waals surface area contributed by atoms with Crippen molar-refractivity contribution in [2.24, 2.45) is 5.92 Å². The molecule has 0 aromatic heterocycles. The maximum atomic E-state index is 14.1. The van der Waals surface area contributed by atoms with E-state index in [1.807, 2.05) is 0 Å². The Morgan fingerprint density at radius 3 is 2.86 bits per heavy atom. The van der Waals surface area contributed by atoms with E-state index in [9.17, 15) is 8.78 Å². The number of nitrogens with one attached hydrogen (secondary N) is 1. The van der Waals surface area contributed by atoms with E-state index in [0.717, 1.165) is 32.6 Å². The lowest BCUT2D eigenvalue weighted by atomic mass is 9.98. The number of nitrogens with zero attached hydrogens (tertiary/aromatic N) is 1. The van der Waals surface area contributed by atoms with Gasteiger partial charge in [-0.15, -0.1) is 0 Å². The summed E-state index contributed by atoms with van der Waals surface area (Å²) in [5.41, 5.74) is 0.168. The third-order valence-electron chi connectivity index (χ3n) is 3.98. The first-order valence-electron chi connectivity index (χ1n) is 7.67. The molecule has 0 aliphatic carbocycles. The molecular formula is C16H23BrF2N2. The number of hydrogen-bond acceptors (Lipinski definition) is 2. The van der Waals surface area contributed by atoms with Crippen molar-refractivity contribution in [3.05, 3.63) is 33.8 Å². The molecule has 0 radical (unpaired) electrons. The summed E-state index contributed by atoms with van der Waals surface area (Å²) in [6.07, 6.45) is 3.36. The molecule has 1 fully saturated rings. The van der Waals surface area contributed by atoms with Gasteiger partial charge in [-0.2, -0.15) is 0 Å². The number of halogens is 3. The largest absolute Gasteiger partial charge is 0.316 e. The third-order valence-corrected chi connectivity index (χ3v) is 4.59. The van der Waals surface area contributed by atoms with E-state index in [2.05, 4.69) is 33.1 Å². The van der Waals surface area contributed by atoms with E-state index < -0.39 is 11.6 Å². The van der Waals surface area contributed by atoms with Gasteiger partial charge in [-0.05, 0) is 72.9 Å². The molecule has 2 nitrogen and oxygen atoms in total. The van der Waals surface area contributed by atoms with Gasteiger partial charge < -0.3 is 5.32 Å². The molecule has 1 aromatic rings. The average molecular weight is 361 g/mol. The summed E-state index contributed by atoms with van der Waals surface area (Å²) in [5.74, 6) is -0.361. The minimum atomic E-state index is -0.474. The maximum absolute atomic E-state index is 14.1. The van der Waals surface area contributed by atoms with Crippen LogP contribution in [0.1, 0.15) is 31.7 Å². The summed E-state index contributed by atoms with van der Waals surface area (Å²) in [5, 5.41) is 3.40. The lowest BCUT2D eigenvalue weighted by Crippen LogP contribution is -2.38. The Balaban J connectivity index is 2.06. The van der Waals surface area contributed by atoms with E-state index in [0.29, 0.717) is 16.9 Å². The molecule has 2 rings (SSSR count). The molecule has 0 bridgehead atoms. The molecule has 1 unspecified atom stereocenters. The van der Waals surface area contributed by atoms with E-state index in [4.69, 9.17) is 0 Å². The Morgan fingerprint density at radius 1 is 1.38 bits per heavy atom. The molecule has 0 amide bonds. The van der Waals surface area contributed by atoms with Gasteiger partial charge in [0.15, 0.2) is 0 Å². The van der Waals surface area contributed by atoms with Crippen LogP contribution in [0.15, 0.2) is 16.6 Å². The molecule has 0 spiro atoms. The smallest absolute Gasteiger partial charge is 0.144 e. The van der Waals surface area contributed by atoms with E-state index in [-0.39, 0.29) is 5.56 Å². The van der Waals surface area contributed by atoms with Crippen molar-refractivity contribution in [2.45, 2.75) is 32.7 Å². The molecule has 1 aromatic carbocycles. The maximum Gasteiger partial charge on any atom is 0.144 e. The predicted octanol–water partition coefficient (Wildman–Crippen LogP) is 3.94. The van der Waals surface area contributed by atoms with Crippen LogP contribution < -0.4 is 5.32 Å². The summed E-state index contributed by atoms with van der Waals surface area (Å²) < 4.78 is 28.4. The van der Waals surface area contributed by atoms with Gasteiger partial charge >= 0.3 is 0 Å². The van der Waals surface area contributed by atoms with E-state index >= 15 is 0 Å². The van der Waals surface area contributed by atoms with Crippen LogP contribution in [-0.2, 0) is 6.54 Å². The minimum Gasteiger partial charge on any atom is -0.316 e. The summed E-state index contributed by atoms with van der Waals surface area (Å²) in [6, 6.07) is 2.75. The van der Waals surface area contributed by atoms with Crippen LogP contribution in [-0.4, -0.2) is 31.1 Å². The van der Waals surface area contributed by atoms with Crippen molar-refractivity contribution in [3.8, 4) is 0 Å². The van der Waals surface area contributed by atoms with Crippen LogP contribution in [0.25, 0.3) is 0 Å². The molecular weight excluding hydrogens is 338 g/mol. The molecule has 1 aliphatic heterocycles. The second-order valence-electron chi connectivity index (χ2n) is 5.77. The number of hydrogen-bond donors (Lipinski definition) is 1. The predicted molar refractivity (Wildman–Crippen MR) is 85.2 cm³/mol. The SMILES string of the molecule is CCCN(Cc1c(F)ccc(Br)c1F)CC1CCCNC1. The first-order valence-corrected chi connectivity index (χ1v) is 8.46. The minimum absolute atomic E-state index is 0.168. The highest BCUT2D eigenvalue weighted by Crippen LogP contribution is 2.24. The van der Waals surface area contributed by atoms with Crippen molar-refractivity contribution in [1.82, 2.24) is 10.2 Å². The summed E-state index contributed by atoms with van der Waals surface area (Å²) in [4.78, 5) is 2.17. The van der Waals surface area contributed by atoms with Gasteiger partial charge in [0, 0.05) is 18.7 Å². The fourth-order valence-electron chi connectivity index (χ4n) is 2.93. The molecule has 5 heteroatoms. The van der Waals surface area contributed by atoms with Gasteiger partial charge in [0.25, 0.3) is 0 Å². The van der Waals surface area contributed by atoms with Crippen molar-refractivity contribution < 1.29 is 8.78 Å². The molecule has 1 heterocycles. The molecule has 1 aliphatic rings. The van der Waals surface area contributed by atoms with Gasteiger partial charge in [-0.3, -0.25) is 4.90 Å². The molecule has 1 saturated heterocycles. The first kappa shape index (κ1) is 16.8. The highest BCUT2D eigenvalue weighted by Gasteiger charge is 2.20. The van der Waals surface area contributed by atoms with Crippen LogP contribution in [0.3, 0.4) is 0 Å². The summed E-state index contributed by atoms with van der Waals surface area (Å²) >= 11 is 3.14. The zero-order valence-electron chi connectivity index (χ0n) is 12.5. The second-order valence-corrected chi connectivity index (χ2v) is 6.62. The lowest BCUT2D eigenvalue weighted by Gasteiger charge is -2.30. The highest BCUT2D eigenvalue weighted by atomic mass is 79.9.